The van der Waals surface area contributed by atoms with Crippen LogP contribution >= 0.6 is 0 Å². The highest BCUT2D eigenvalue weighted by molar-refractivity contribution is 5.79. The van der Waals surface area contributed by atoms with Crippen molar-refractivity contribution >= 4 is 6.09 Å². The molecular formula is C33H29N3O3. The third kappa shape index (κ3) is 5.14. The van der Waals surface area contributed by atoms with Gasteiger partial charge in [0.25, 0.3) is 0 Å². The van der Waals surface area contributed by atoms with Gasteiger partial charge in [0.2, 0.25) is 0 Å². The highest BCUT2D eigenvalue weighted by Gasteiger charge is 2.29. The number of nitrogens with one attached hydrogen (secondary N) is 2. The molecule has 5 aromatic rings. The zero-order valence-electron chi connectivity index (χ0n) is 21.6. The standard InChI is InChI=1S/C33H29N3O3/c1-38-24-13-9-12-23(19-24)31-20-34-32(35-31)30(18-22-10-3-2-4-11-22)36-33(37)39-21-29-27-16-7-5-14-25(27)26-15-6-8-17-28(26)29/h2-17,19-20,29-30H,18,21H2,1H3,(H,34,35)(H,36,37)/t30-/m0/s1. The molecule has 6 nitrogen and oxygen atoms in total. The SMILES string of the molecule is COc1cccc(-c2cnc([C@H](Cc3ccccc3)NC(=O)OCC3c4ccccc4-c4ccccc43)[nH]2)c1. The van der Waals surface area contributed by atoms with E-state index in [1.54, 1.807) is 13.3 Å². The molecule has 0 aliphatic heterocycles. The quantitative estimate of drug-likeness (QED) is 0.235. The predicted octanol–water partition coefficient (Wildman–Crippen LogP) is 6.91. The predicted molar refractivity (Wildman–Crippen MR) is 152 cm³/mol. The Hall–Kier alpha value is -4.84. The van der Waals surface area contributed by atoms with E-state index in [-0.39, 0.29) is 12.5 Å². The monoisotopic (exact) mass is 515 g/mol. The number of imidazole rings is 1. The number of benzene rings is 4. The molecule has 39 heavy (non-hydrogen) atoms. The van der Waals surface area contributed by atoms with E-state index in [4.69, 9.17) is 9.47 Å². The van der Waals surface area contributed by atoms with Crippen LogP contribution in [0.25, 0.3) is 22.4 Å². The number of fused-ring (bicyclic) bond motifs is 3. The second kappa shape index (κ2) is 10.9. The smallest absolute Gasteiger partial charge is 0.407 e. The summed E-state index contributed by atoms with van der Waals surface area (Å²) in [6.07, 6.45) is 1.87. The first-order chi connectivity index (χ1) is 19.2. The number of nitrogens with zero attached hydrogens (tertiary/aromatic N) is 1. The molecule has 1 aliphatic carbocycles. The van der Waals surface area contributed by atoms with Gasteiger partial charge in [0.15, 0.2) is 0 Å². The summed E-state index contributed by atoms with van der Waals surface area (Å²) in [6, 6.07) is 34.0. The van der Waals surface area contributed by atoms with E-state index in [2.05, 4.69) is 39.6 Å². The van der Waals surface area contributed by atoms with Crippen molar-refractivity contribution < 1.29 is 14.3 Å². The Kier molecular flexibility index (Phi) is 6.83. The van der Waals surface area contributed by atoms with Crippen molar-refractivity contribution in [3.63, 3.8) is 0 Å². The Morgan fingerprint density at radius 3 is 2.31 bits per heavy atom. The molecule has 1 aliphatic rings. The fourth-order valence-corrected chi connectivity index (χ4v) is 5.30. The van der Waals surface area contributed by atoms with Gasteiger partial charge in [-0.1, -0.05) is 91.0 Å². The number of ether oxygens (including phenoxy) is 2. The van der Waals surface area contributed by atoms with Gasteiger partial charge in [0, 0.05) is 17.9 Å². The largest absolute Gasteiger partial charge is 0.497 e. The maximum atomic E-state index is 13.2. The summed E-state index contributed by atoms with van der Waals surface area (Å²) in [4.78, 5) is 21.2. The number of rotatable bonds is 8. The first-order valence-electron chi connectivity index (χ1n) is 13.0. The topological polar surface area (TPSA) is 76.2 Å². The average molecular weight is 516 g/mol. The fraction of sp³-hybridized carbons (Fsp3) is 0.152. The second-order valence-corrected chi connectivity index (χ2v) is 9.63. The molecule has 0 fully saturated rings. The maximum Gasteiger partial charge on any atom is 0.407 e. The van der Waals surface area contributed by atoms with Crippen molar-refractivity contribution in [1.82, 2.24) is 15.3 Å². The lowest BCUT2D eigenvalue weighted by Crippen LogP contribution is -2.32. The molecule has 1 amide bonds. The Labute approximate surface area is 227 Å². The Morgan fingerprint density at radius 1 is 0.897 bits per heavy atom. The molecule has 6 rings (SSSR count). The average Bonchev–Trinajstić information content (AvgIpc) is 3.60. The van der Waals surface area contributed by atoms with Crippen LogP contribution in [0.5, 0.6) is 5.75 Å². The first-order valence-corrected chi connectivity index (χ1v) is 13.0. The van der Waals surface area contributed by atoms with Gasteiger partial charge < -0.3 is 19.8 Å². The summed E-state index contributed by atoms with van der Waals surface area (Å²) < 4.78 is 11.2. The van der Waals surface area contributed by atoms with E-state index in [1.807, 2.05) is 78.9 Å². The molecule has 0 radical (unpaired) electrons. The van der Waals surface area contributed by atoms with Crippen LogP contribution in [-0.4, -0.2) is 29.8 Å². The van der Waals surface area contributed by atoms with Crippen molar-refractivity contribution in [2.75, 3.05) is 13.7 Å². The Bertz CT molecular complexity index is 1550. The van der Waals surface area contributed by atoms with Gasteiger partial charge in [-0.25, -0.2) is 9.78 Å². The lowest BCUT2D eigenvalue weighted by atomic mass is 9.98. The highest BCUT2D eigenvalue weighted by atomic mass is 16.5. The summed E-state index contributed by atoms with van der Waals surface area (Å²) in [6.45, 7) is 0.255. The number of carbonyl (C=O) groups is 1. The van der Waals surface area contributed by atoms with Gasteiger partial charge >= 0.3 is 6.09 Å². The number of amides is 1. The van der Waals surface area contributed by atoms with Gasteiger partial charge in [-0.3, -0.25) is 0 Å². The molecule has 1 atom stereocenters. The second-order valence-electron chi connectivity index (χ2n) is 9.63. The van der Waals surface area contributed by atoms with E-state index < -0.39 is 12.1 Å². The lowest BCUT2D eigenvalue weighted by molar-refractivity contribution is 0.138. The van der Waals surface area contributed by atoms with Gasteiger partial charge in [0.05, 0.1) is 25.0 Å². The molecule has 0 saturated carbocycles. The van der Waals surface area contributed by atoms with E-state index >= 15 is 0 Å². The minimum atomic E-state index is -0.475. The minimum absolute atomic E-state index is 0.000926. The van der Waals surface area contributed by atoms with Crippen LogP contribution in [0.3, 0.4) is 0 Å². The number of hydrogen-bond donors (Lipinski definition) is 2. The third-order valence-corrected chi connectivity index (χ3v) is 7.22. The van der Waals surface area contributed by atoms with Crippen LogP contribution < -0.4 is 10.1 Å². The number of aromatic amines is 1. The van der Waals surface area contributed by atoms with E-state index in [0.717, 1.165) is 22.6 Å². The molecular weight excluding hydrogens is 486 g/mol. The minimum Gasteiger partial charge on any atom is -0.497 e. The molecule has 6 heteroatoms. The molecule has 0 bridgehead atoms. The van der Waals surface area contributed by atoms with Gasteiger partial charge in [-0.2, -0.15) is 0 Å². The summed E-state index contributed by atoms with van der Waals surface area (Å²) in [7, 11) is 1.64. The lowest BCUT2D eigenvalue weighted by Gasteiger charge is -2.19. The summed E-state index contributed by atoms with van der Waals surface area (Å²) in [5.41, 5.74) is 7.64. The zero-order valence-corrected chi connectivity index (χ0v) is 21.6. The summed E-state index contributed by atoms with van der Waals surface area (Å²) >= 11 is 0. The molecule has 4 aromatic carbocycles. The van der Waals surface area contributed by atoms with E-state index in [0.29, 0.717) is 12.2 Å². The zero-order chi connectivity index (χ0) is 26.6. The first kappa shape index (κ1) is 24.5. The summed E-state index contributed by atoms with van der Waals surface area (Å²) in [5.74, 6) is 1.42. The number of hydrogen-bond acceptors (Lipinski definition) is 4. The van der Waals surface area contributed by atoms with Crippen LogP contribution in [0, 0.1) is 0 Å². The number of alkyl carbamates (subject to hydrolysis) is 1. The van der Waals surface area contributed by atoms with Crippen LogP contribution in [0.2, 0.25) is 0 Å². The van der Waals surface area contributed by atoms with Crippen molar-refractivity contribution in [2.24, 2.45) is 0 Å². The Balaban J connectivity index is 1.21. The van der Waals surface area contributed by atoms with Gasteiger partial charge in [-0.05, 0) is 39.9 Å². The van der Waals surface area contributed by atoms with Crippen molar-refractivity contribution in [2.45, 2.75) is 18.4 Å². The summed E-state index contributed by atoms with van der Waals surface area (Å²) in [5, 5.41) is 3.06. The number of carbonyl (C=O) groups excluding carboxylic acids is 1. The van der Waals surface area contributed by atoms with E-state index in [1.165, 1.54) is 22.3 Å². The molecule has 0 unspecified atom stereocenters. The number of aromatic nitrogens is 2. The van der Waals surface area contributed by atoms with E-state index in [9.17, 15) is 4.79 Å². The Morgan fingerprint density at radius 2 is 1.59 bits per heavy atom. The normalized spacial score (nSPS) is 12.8. The van der Waals surface area contributed by atoms with Crippen LogP contribution in [0.15, 0.2) is 109 Å². The molecule has 1 heterocycles. The number of H-pyrrole nitrogens is 1. The van der Waals surface area contributed by atoms with Crippen molar-refractivity contribution in [3.8, 4) is 28.1 Å². The number of methoxy groups -OCH3 is 1. The molecule has 2 N–H and O–H groups in total. The molecule has 1 aromatic heterocycles. The third-order valence-electron chi connectivity index (χ3n) is 7.22. The van der Waals surface area contributed by atoms with Gasteiger partial charge in [0.1, 0.15) is 18.2 Å². The van der Waals surface area contributed by atoms with Crippen molar-refractivity contribution in [3.05, 3.63) is 132 Å². The molecule has 0 saturated heterocycles. The van der Waals surface area contributed by atoms with Crippen LogP contribution in [-0.2, 0) is 11.2 Å². The maximum absolute atomic E-state index is 13.2. The van der Waals surface area contributed by atoms with Crippen LogP contribution in [0.4, 0.5) is 4.79 Å². The highest BCUT2D eigenvalue weighted by Crippen LogP contribution is 2.44. The molecule has 0 spiro atoms. The fourth-order valence-electron chi connectivity index (χ4n) is 5.30. The van der Waals surface area contributed by atoms with Crippen LogP contribution in [0.1, 0.15) is 34.5 Å². The van der Waals surface area contributed by atoms with Crippen molar-refractivity contribution in [1.29, 1.82) is 0 Å². The molecule has 194 valence electrons. The van der Waals surface area contributed by atoms with Gasteiger partial charge in [-0.15, -0.1) is 0 Å².